The van der Waals surface area contributed by atoms with E-state index >= 15 is 0 Å². The van der Waals surface area contributed by atoms with E-state index in [1.165, 1.54) is 0 Å². The van der Waals surface area contributed by atoms with E-state index < -0.39 is 9.57 Å². The van der Waals surface area contributed by atoms with Crippen molar-refractivity contribution >= 4 is 19.0 Å². The van der Waals surface area contributed by atoms with Crippen LogP contribution in [0.1, 0.15) is 0 Å². The molecule has 0 saturated heterocycles. The van der Waals surface area contributed by atoms with Gasteiger partial charge in [-0.2, -0.15) is 0 Å². The monoisotopic (exact) mass is 150 g/mol. The van der Waals surface area contributed by atoms with Crippen LogP contribution in [0.3, 0.4) is 0 Å². The third kappa shape index (κ3) is 42.1. The van der Waals surface area contributed by atoms with E-state index in [0.29, 0.717) is 0 Å². The average Bonchev–Trinajstić information content (AvgIpc) is 0.722. The first-order valence-electron chi connectivity index (χ1n) is 0.908. The normalized spacial score (nSPS) is 10.2. The van der Waals surface area contributed by atoms with Crippen LogP contribution in [-0.4, -0.2) is 22.4 Å². The van der Waals surface area contributed by atoms with Gasteiger partial charge in [0.2, 0.25) is 0 Å². The summed E-state index contributed by atoms with van der Waals surface area (Å²) in [6.45, 7) is 0. The van der Waals surface area contributed by atoms with Gasteiger partial charge in [-0.15, -0.1) is 0 Å². The van der Waals surface area contributed by atoms with E-state index in [1.807, 2.05) is 0 Å². The van der Waals surface area contributed by atoms with Crippen LogP contribution in [-0.2, 0) is 9.57 Å². The molecular formula is H3KO3SSi. The summed E-state index contributed by atoms with van der Waals surface area (Å²) in [7, 11) is -4.05. The molecule has 0 aromatic rings. The Kier molecular flexibility index (Phi) is 6.64. The third-order valence-corrected chi connectivity index (χ3v) is 0. The van der Waals surface area contributed by atoms with E-state index in [9.17, 15) is 0 Å². The molecule has 0 bridgehead atoms. The van der Waals surface area contributed by atoms with Crippen LogP contribution in [0, 0.1) is 0 Å². The first kappa shape index (κ1) is 10.7. The Morgan fingerprint density at radius 2 is 1.50 bits per heavy atom. The van der Waals surface area contributed by atoms with Gasteiger partial charge in [0, 0.05) is 0 Å². The van der Waals surface area contributed by atoms with Crippen molar-refractivity contribution in [3.63, 3.8) is 0 Å². The molecule has 6 heavy (non-hydrogen) atoms. The first-order valence-corrected chi connectivity index (χ1v) is 5.17. The average molecular weight is 150 g/mol. The summed E-state index contributed by atoms with van der Waals surface area (Å²) < 4.78 is 27.4. The van der Waals surface area contributed by atoms with Crippen molar-refractivity contribution in [1.82, 2.24) is 0 Å². The minimum absolute atomic E-state index is 0. The third-order valence-electron chi connectivity index (χ3n) is 0. The maximum absolute atomic E-state index is 9.14. The van der Waals surface area contributed by atoms with E-state index in [2.05, 4.69) is 0 Å². The SMILES string of the molecule is O=S(=O)([O-])[SiH3].[K+]. The molecule has 0 spiro atoms. The van der Waals surface area contributed by atoms with Crippen molar-refractivity contribution in [2.45, 2.75) is 0 Å². The fourth-order valence-corrected chi connectivity index (χ4v) is 0. The standard InChI is InChI=1S/K.H4O3SSi/c;1-4(2,3)5/h;5H3,(H,1,2,3)/q+1;/p-1. The minimum atomic E-state index is -3.78. The smallest absolute Gasteiger partial charge is 0.754 e. The van der Waals surface area contributed by atoms with Gasteiger partial charge >= 0.3 is 51.4 Å². The Hall–Kier alpha value is 1.76. The number of hydrogen-bond acceptors (Lipinski definition) is 3. The van der Waals surface area contributed by atoms with Gasteiger partial charge in [-0.1, -0.05) is 0 Å². The van der Waals surface area contributed by atoms with Crippen LogP contribution in [0.25, 0.3) is 0 Å². The molecule has 0 rings (SSSR count). The van der Waals surface area contributed by atoms with Crippen molar-refractivity contribution in [2.24, 2.45) is 0 Å². The van der Waals surface area contributed by atoms with Gasteiger partial charge in [0.15, 0.2) is 0 Å². The largest absolute Gasteiger partial charge is 1.00 e. The van der Waals surface area contributed by atoms with Gasteiger partial charge in [-0.05, 0) is 0 Å². The molecule has 0 radical (unpaired) electrons. The van der Waals surface area contributed by atoms with Crippen LogP contribution in [0.2, 0.25) is 0 Å². The fraction of sp³-hybridized carbons (Fsp3) is 0. The van der Waals surface area contributed by atoms with Crippen molar-refractivity contribution in [3.05, 3.63) is 0 Å². The molecule has 0 aliphatic heterocycles. The molecule has 0 aromatic carbocycles. The second kappa shape index (κ2) is 3.73. The van der Waals surface area contributed by atoms with Crippen LogP contribution < -0.4 is 51.4 Å². The minimum Gasteiger partial charge on any atom is -0.754 e. The fourth-order valence-electron chi connectivity index (χ4n) is 0. The summed E-state index contributed by atoms with van der Waals surface area (Å²) in [4.78, 5) is 0. The molecule has 0 heterocycles. The molecule has 0 aromatic heterocycles. The van der Waals surface area contributed by atoms with Crippen LogP contribution >= 0.6 is 0 Å². The van der Waals surface area contributed by atoms with Gasteiger partial charge in [-0.3, -0.25) is 8.42 Å². The Morgan fingerprint density at radius 3 is 1.50 bits per heavy atom. The van der Waals surface area contributed by atoms with Crippen LogP contribution in [0.15, 0.2) is 0 Å². The van der Waals surface area contributed by atoms with E-state index in [4.69, 9.17) is 13.0 Å². The quantitative estimate of drug-likeness (QED) is 0.256. The van der Waals surface area contributed by atoms with Gasteiger partial charge in [0.1, 0.15) is 9.39 Å². The molecule has 32 valence electrons. The number of rotatable bonds is 0. The predicted molar refractivity (Wildman–Crippen MR) is 19.6 cm³/mol. The molecule has 3 nitrogen and oxygen atoms in total. The summed E-state index contributed by atoms with van der Waals surface area (Å²) >= 11 is 0. The number of hydrogen-bond donors (Lipinski definition) is 0. The second-order valence-corrected chi connectivity index (χ2v) is 5.11. The summed E-state index contributed by atoms with van der Waals surface area (Å²) in [5.41, 5.74) is 0. The topological polar surface area (TPSA) is 57.2 Å². The maximum Gasteiger partial charge on any atom is 1.00 e. The molecule has 0 saturated carbocycles. The van der Waals surface area contributed by atoms with Crippen molar-refractivity contribution in [1.29, 1.82) is 0 Å². The Bertz CT molecular complexity index is 94.0. The van der Waals surface area contributed by atoms with Crippen LogP contribution in [0.5, 0.6) is 0 Å². The molecule has 0 atom stereocenters. The zero-order valence-electron chi connectivity index (χ0n) is 3.63. The van der Waals surface area contributed by atoms with Crippen molar-refractivity contribution in [2.75, 3.05) is 0 Å². The Labute approximate surface area is 81.7 Å². The van der Waals surface area contributed by atoms with E-state index in [0.717, 1.165) is 0 Å². The van der Waals surface area contributed by atoms with Gasteiger partial charge in [-0.25, -0.2) is 0 Å². The van der Waals surface area contributed by atoms with Crippen molar-refractivity contribution in [3.8, 4) is 0 Å². The van der Waals surface area contributed by atoms with E-state index in [-0.39, 0.29) is 60.8 Å². The van der Waals surface area contributed by atoms with Gasteiger partial charge in [0.05, 0.1) is 9.57 Å². The zero-order valence-corrected chi connectivity index (χ0v) is 9.57. The van der Waals surface area contributed by atoms with Gasteiger partial charge in [0.25, 0.3) is 0 Å². The Morgan fingerprint density at radius 1 is 1.50 bits per heavy atom. The molecular weight excluding hydrogens is 147 g/mol. The Balaban J connectivity index is 0. The molecule has 0 N–H and O–H groups in total. The summed E-state index contributed by atoms with van der Waals surface area (Å²) in [6.07, 6.45) is 0. The zero-order chi connectivity index (χ0) is 4.50. The van der Waals surface area contributed by atoms with Gasteiger partial charge < -0.3 is 4.55 Å². The van der Waals surface area contributed by atoms with Crippen molar-refractivity contribution < 1.29 is 64.4 Å². The molecule has 0 amide bonds. The van der Waals surface area contributed by atoms with E-state index in [1.54, 1.807) is 0 Å². The predicted octanol–water partition coefficient (Wildman–Crippen LogP) is -5.18. The molecule has 0 fully saturated rings. The summed E-state index contributed by atoms with van der Waals surface area (Å²) in [5, 5.41) is 0. The molecule has 0 unspecified atom stereocenters. The molecule has 0 aliphatic carbocycles. The van der Waals surface area contributed by atoms with Crippen LogP contribution in [0.4, 0.5) is 0 Å². The maximum atomic E-state index is 9.14. The first-order chi connectivity index (χ1) is 2.00. The second-order valence-electron chi connectivity index (χ2n) is 0.704. The molecule has 6 heteroatoms. The summed E-state index contributed by atoms with van der Waals surface area (Å²) in [5.74, 6) is 0. The molecule has 0 aliphatic rings. The summed E-state index contributed by atoms with van der Waals surface area (Å²) in [6, 6.07) is 0.